The fourth-order valence-corrected chi connectivity index (χ4v) is 3.83. The number of methoxy groups -OCH3 is 1. The van der Waals surface area contributed by atoms with Crippen molar-refractivity contribution < 1.29 is 14.3 Å². The van der Waals surface area contributed by atoms with Gasteiger partial charge in [0.15, 0.2) is 0 Å². The van der Waals surface area contributed by atoms with E-state index >= 15 is 0 Å². The van der Waals surface area contributed by atoms with Crippen LogP contribution in [0.3, 0.4) is 0 Å². The van der Waals surface area contributed by atoms with Crippen molar-refractivity contribution in [3.63, 3.8) is 0 Å². The lowest BCUT2D eigenvalue weighted by atomic mass is 10.0. The maximum Gasteiger partial charge on any atom is 0.278 e. The molecule has 2 aliphatic rings. The number of carbonyl (C=O) groups is 2. The van der Waals surface area contributed by atoms with Crippen molar-refractivity contribution in [3.8, 4) is 5.75 Å². The normalized spacial score (nSPS) is 17.0. The monoisotopic (exact) mass is 405 g/mol. The fourth-order valence-electron chi connectivity index (χ4n) is 3.83. The highest BCUT2D eigenvalue weighted by molar-refractivity contribution is 6.36. The third-order valence-corrected chi connectivity index (χ3v) is 5.26. The second-order valence-corrected chi connectivity index (χ2v) is 6.96. The first-order valence-corrected chi connectivity index (χ1v) is 9.77. The van der Waals surface area contributed by atoms with E-state index in [1.807, 2.05) is 23.1 Å². The lowest BCUT2D eigenvalue weighted by Gasteiger charge is -2.36. The number of anilines is 1. The molecule has 1 aromatic heterocycles. The highest BCUT2D eigenvalue weighted by atomic mass is 16.5. The summed E-state index contributed by atoms with van der Waals surface area (Å²) in [5, 5.41) is 0. The van der Waals surface area contributed by atoms with Gasteiger partial charge in [-0.05, 0) is 12.1 Å². The van der Waals surface area contributed by atoms with Gasteiger partial charge in [-0.25, -0.2) is 9.97 Å². The Morgan fingerprint density at radius 3 is 2.33 bits per heavy atom. The van der Waals surface area contributed by atoms with Gasteiger partial charge in [-0.1, -0.05) is 24.3 Å². The number of carbonyl (C=O) groups excluding carboxylic acids is 2. The van der Waals surface area contributed by atoms with Gasteiger partial charge in [0.25, 0.3) is 11.8 Å². The Bertz CT molecular complexity index is 997. The van der Waals surface area contributed by atoms with Crippen LogP contribution in [0.4, 0.5) is 5.95 Å². The smallest absolute Gasteiger partial charge is 0.278 e. The number of benzene rings is 1. The Kier molecular flexibility index (Phi) is 5.47. The number of aromatic nitrogens is 2. The van der Waals surface area contributed by atoms with Crippen molar-refractivity contribution in [3.05, 3.63) is 66.6 Å². The lowest BCUT2D eigenvalue weighted by Crippen LogP contribution is -2.48. The predicted octanol–water partition coefficient (Wildman–Crippen LogP) is 1.57. The largest absolute Gasteiger partial charge is 0.496 e. The highest BCUT2D eigenvalue weighted by Crippen LogP contribution is 2.36. The summed E-state index contributed by atoms with van der Waals surface area (Å²) in [5.74, 6) is 0.597. The zero-order valence-corrected chi connectivity index (χ0v) is 16.8. The van der Waals surface area contributed by atoms with Crippen molar-refractivity contribution in [2.45, 2.75) is 0 Å². The predicted molar refractivity (Wildman–Crippen MR) is 113 cm³/mol. The van der Waals surface area contributed by atoms with Crippen LogP contribution in [-0.2, 0) is 9.59 Å². The molecule has 1 saturated heterocycles. The average Bonchev–Trinajstić information content (AvgIpc) is 3.04. The lowest BCUT2D eigenvalue weighted by molar-refractivity contribution is -0.136. The maximum absolute atomic E-state index is 13.2. The molecule has 2 amide bonds. The van der Waals surface area contributed by atoms with E-state index in [1.54, 1.807) is 37.7 Å². The number of ether oxygens (including phenoxy) is 1. The molecule has 0 aliphatic carbocycles. The van der Waals surface area contributed by atoms with E-state index in [4.69, 9.17) is 4.74 Å². The molecule has 1 aromatic carbocycles. The topological polar surface area (TPSA) is 78.9 Å². The number of rotatable bonds is 6. The molecule has 0 spiro atoms. The molecule has 1 fully saturated rings. The minimum absolute atomic E-state index is 0.164. The Balaban J connectivity index is 1.69. The Morgan fingerprint density at radius 2 is 1.67 bits per heavy atom. The molecular formula is C22H23N5O3. The third-order valence-electron chi connectivity index (χ3n) is 5.26. The van der Waals surface area contributed by atoms with Gasteiger partial charge in [-0.2, -0.15) is 0 Å². The van der Waals surface area contributed by atoms with E-state index in [-0.39, 0.29) is 18.4 Å². The van der Waals surface area contributed by atoms with Crippen LogP contribution in [0.5, 0.6) is 5.75 Å². The molecule has 0 radical (unpaired) electrons. The molecule has 2 aliphatic heterocycles. The van der Waals surface area contributed by atoms with Crippen LogP contribution in [0, 0.1) is 0 Å². The summed E-state index contributed by atoms with van der Waals surface area (Å²) in [6, 6.07) is 9.05. The summed E-state index contributed by atoms with van der Waals surface area (Å²) in [6.07, 6.45) is 4.98. The van der Waals surface area contributed by atoms with Gasteiger partial charge in [0, 0.05) is 50.7 Å². The van der Waals surface area contributed by atoms with Gasteiger partial charge in [0.1, 0.15) is 11.4 Å². The molecule has 4 rings (SSSR count). The summed E-state index contributed by atoms with van der Waals surface area (Å²) in [6.45, 7) is 6.30. The van der Waals surface area contributed by atoms with E-state index in [0.717, 1.165) is 0 Å². The molecule has 8 nitrogen and oxygen atoms in total. The molecular weight excluding hydrogens is 382 g/mol. The van der Waals surface area contributed by atoms with E-state index in [2.05, 4.69) is 21.4 Å². The number of hydrogen-bond donors (Lipinski definition) is 0. The van der Waals surface area contributed by atoms with Gasteiger partial charge < -0.3 is 14.5 Å². The number of imide groups is 1. The standard InChI is InChI=1S/C22H23N5O3/c1-3-11-27-20(28)18(16-7-4-5-8-17(16)30-2)19(21(27)29)25-12-14-26(15-13-25)22-23-9-6-10-24-22/h3-10H,1,11-15H2,2H3. The van der Waals surface area contributed by atoms with Crippen molar-refractivity contribution in [2.75, 3.05) is 44.7 Å². The van der Waals surface area contributed by atoms with E-state index < -0.39 is 0 Å². The SMILES string of the molecule is C=CCN1C(=O)C(c2ccccc2OC)=C(N2CCN(c3ncccn3)CC2)C1=O. The molecule has 0 atom stereocenters. The molecule has 2 aromatic rings. The summed E-state index contributed by atoms with van der Waals surface area (Å²) < 4.78 is 5.47. The van der Waals surface area contributed by atoms with Crippen LogP contribution in [0.1, 0.15) is 5.56 Å². The third kappa shape index (κ3) is 3.41. The van der Waals surface area contributed by atoms with Crippen LogP contribution in [0.2, 0.25) is 0 Å². The van der Waals surface area contributed by atoms with Crippen LogP contribution in [-0.4, -0.2) is 71.4 Å². The molecule has 154 valence electrons. The second-order valence-electron chi connectivity index (χ2n) is 6.96. The zero-order valence-electron chi connectivity index (χ0n) is 16.8. The molecule has 0 saturated carbocycles. The highest BCUT2D eigenvalue weighted by Gasteiger charge is 2.42. The van der Waals surface area contributed by atoms with Crippen molar-refractivity contribution >= 4 is 23.3 Å². The fraction of sp³-hybridized carbons (Fsp3) is 0.273. The summed E-state index contributed by atoms with van der Waals surface area (Å²) in [4.78, 5) is 40.3. The zero-order chi connectivity index (χ0) is 21.1. The van der Waals surface area contributed by atoms with Crippen LogP contribution >= 0.6 is 0 Å². The van der Waals surface area contributed by atoms with E-state index in [9.17, 15) is 9.59 Å². The first-order chi connectivity index (χ1) is 14.7. The minimum Gasteiger partial charge on any atom is -0.496 e. The van der Waals surface area contributed by atoms with Crippen molar-refractivity contribution in [1.82, 2.24) is 19.8 Å². The number of piperazine rings is 1. The Hall–Kier alpha value is -3.68. The van der Waals surface area contributed by atoms with Gasteiger partial charge in [0.2, 0.25) is 5.95 Å². The molecule has 3 heterocycles. The van der Waals surface area contributed by atoms with Crippen LogP contribution in [0.15, 0.2) is 61.1 Å². The van der Waals surface area contributed by atoms with Crippen LogP contribution in [0.25, 0.3) is 5.57 Å². The number of hydrogen-bond acceptors (Lipinski definition) is 7. The van der Waals surface area contributed by atoms with Gasteiger partial charge >= 0.3 is 0 Å². The number of amides is 2. The summed E-state index contributed by atoms with van der Waals surface area (Å²) in [5.41, 5.74) is 1.41. The second kappa shape index (κ2) is 8.36. The summed E-state index contributed by atoms with van der Waals surface area (Å²) in [7, 11) is 1.56. The van der Waals surface area contributed by atoms with E-state index in [1.165, 1.54) is 4.90 Å². The number of para-hydroxylation sites is 1. The summed E-state index contributed by atoms with van der Waals surface area (Å²) >= 11 is 0. The van der Waals surface area contributed by atoms with Crippen LogP contribution < -0.4 is 9.64 Å². The van der Waals surface area contributed by atoms with E-state index in [0.29, 0.717) is 54.7 Å². The Morgan fingerprint density at radius 1 is 1.00 bits per heavy atom. The van der Waals surface area contributed by atoms with Crippen molar-refractivity contribution in [2.24, 2.45) is 0 Å². The minimum atomic E-state index is -0.326. The first-order valence-electron chi connectivity index (χ1n) is 9.77. The molecule has 0 N–H and O–H groups in total. The maximum atomic E-state index is 13.2. The molecule has 30 heavy (non-hydrogen) atoms. The molecule has 0 bridgehead atoms. The first kappa shape index (κ1) is 19.6. The van der Waals surface area contributed by atoms with Crippen molar-refractivity contribution in [1.29, 1.82) is 0 Å². The van der Waals surface area contributed by atoms with Gasteiger partial charge in [0.05, 0.1) is 12.7 Å². The molecule has 8 heteroatoms. The molecule has 0 unspecified atom stereocenters. The average molecular weight is 405 g/mol. The Labute approximate surface area is 175 Å². The quantitative estimate of drug-likeness (QED) is 0.533. The van der Waals surface area contributed by atoms with Gasteiger partial charge in [-0.15, -0.1) is 6.58 Å². The van der Waals surface area contributed by atoms with Gasteiger partial charge in [-0.3, -0.25) is 14.5 Å². The number of nitrogens with zero attached hydrogens (tertiary/aromatic N) is 5.